The average Bonchev–Trinajstić information content (AvgIpc) is 2.81. The number of carbonyl (C=O) groups excluding carboxylic acids is 1. The summed E-state index contributed by atoms with van der Waals surface area (Å²) in [7, 11) is 1.99. The highest BCUT2D eigenvalue weighted by atomic mass is 35.5. The van der Waals surface area contributed by atoms with Crippen LogP contribution in [0.4, 0.5) is 16.2 Å². The number of urea groups is 1. The molecule has 3 aromatic rings. The van der Waals surface area contributed by atoms with Crippen LogP contribution in [0.3, 0.4) is 0 Å². The van der Waals surface area contributed by atoms with Gasteiger partial charge in [0.05, 0.1) is 11.9 Å². The van der Waals surface area contributed by atoms with Crippen LogP contribution >= 0.6 is 24.8 Å². The van der Waals surface area contributed by atoms with Crippen LogP contribution in [0.1, 0.15) is 0 Å². The Labute approximate surface area is 140 Å². The van der Waals surface area contributed by atoms with Crippen LogP contribution in [0.25, 0.3) is 10.9 Å². The first-order chi connectivity index (χ1) is 9.72. The first-order valence-electron chi connectivity index (χ1n) is 6.25. The number of aryl methyl sites for hydroxylation is 1. The minimum absolute atomic E-state index is 0. The lowest BCUT2D eigenvalue weighted by Crippen LogP contribution is -2.19. The predicted molar refractivity (Wildman–Crippen MR) is 94.3 cm³/mol. The first-order valence-corrected chi connectivity index (χ1v) is 6.25. The van der Waals surface area contributed by atoms with Gasteiger partial charge < -0.3 is 15.2 Å². The molecule has 0 radical (unpaired) electrons. The van der Waals surface area contributed by atoms with E-state index in [1.165, 1.54) is 0 Å². The number of nitrogens with one attached hydrogen (secondary N) is 2. The maximum absolute atomic E-state index is 11.9. The Morgan fingerprint density at radius 3 is 2.59 bits per heavy atom. The van der Waals surface area contributed by atoms with Gasteiger partial charge in [-0.3, -0.25) is 4.98 Å². The maximum Gasteiger partial charge on any atom is 0.323 e. The molecule has 0 aliphatic heterocycles. The van der Waals surface area contributed by atoms with Gasteiger partial charge in [0.1, 0.15) is 0 Å². The van der Waals surface area contributed by atoms with Gasteiger partial charge in [-0.1, -0.05) is 0 Å². The van der Waals surface area contributed by atoms with Crippen LogP contribution in [-0.2, 0) is 7.05 Å². The number of hydrogen-bond acceptors (Lipinski definition) is 2. The molecule has 7 heteroatoms. The normalized spacial score (nSPS) is 9.50. The number of carbonyl (C=O) groups is 1. The van der Waals surface area contributed by atoms with Crippen molar-refractivity contribution in [1.29, 1.82) is 0 Å². The zero-order valence-corrected chi connectivity index (χ0v) is 13.4. The lowest BCUT2D eigenvalue weighted by Gasteiger charge is -2.07. The number of benzene rings is 1. The number of anilines is 2. The van der Waals surface area contributed by atoms with E-state index >= 15 is 0 Å². The van der Waals surface area contributed by atoms with Crippen molar-refractivity contribution in [3.8, 4) is 0 Å². The molecule has 2 amide bonds. The van der Waals surface area contributed by atoms with Crippen LogP contribution in [0.5, 0.6) is 0 Å². The van der Waals surface area contributed by atoms with Gasteiger partial charge in [0.2, 0.25) is 0 Å². The Balaban J connectivity index is 0.00000121. The number of rotatable bonds is 2. The summed E-state index contributed by atoms with van der Waals surface area (Å²) in [5.41, 5.74) is 2.54. The third-order valence-corrected chi connectivity index (χ3v) is 3.06. The molecule has 0 bridgehead atoms. The van der Waals surface area contributed by atoms with E-state index in [0.29, 0.717) is 5.69 Å². The minimum Gasteiger partial charge on any atom is -0.351 e. The van der Waals surface area contributed by atoms with Crippen LogP contribution < -0.4 is 10.6 Å². The molecule has 2 aromatic heterocycles. The lowest BCUT2D eigenvalue weighted by molar-refractivity contribution is 0.262. The molecular formula is C15H16Cl2N4O. The zero-order valence-electron chi connectivity index (χ0n) is 11.8. The van der Waals surface area contributed by atoms with Crippen LogP contribution in [0.15, 0.2) is 55.0 Å². The lowest BCUT2D eigenvalue weighted by atomic mass is 10.2. The highest BCUT2D eigenvalue weighted by Gasteiger charge is 2.04. The quantitative estimate of drug-likeness (QED) is 0.740. The van der Waals surface area contributed by atoms with Gasteiger partial charge >= 0.3 is 6.03 Å². The summed E-state index contributed by atoms with van der Waals surface area (Å²) < 4.78 is 2.04. The molecule has 0 saturated carbocycles. The summed E-state index contributed by atoms with van der Waals surface area (Å²) in [6.45, 7) is 0. The molecule has 0 aliphatic carbocycles. The number of hydrogen-bond donors (Lipinski definition) is 2. The zero-order chi connectivity index (χ0) is 13.9. The topological polar surface area (TPSA) is 59.0 Å². The second kappa shape index (κ2) is 7.68. The van der Waals surface area contributed by atoms with E-state index in [2.05, 4.69) is 15.6 Å². The van der Waals surface area contributed by atoms with Crippen LogP contribution in [0.2, 0.25) is 0 Å². The molecule has 5 nitrogen and oxygen atoms in total. The Morgan fingerprint density at radius 1 is 1.09 bits per heavy atom. The van der Waals surface area contributed by atoms with Gasteiger partial charge in [-0.2, -0.15) is 0 Å². The Bertz CT molecular complexity index is 759. The number of aromatic nitrogens is 2. The first kappa shape index (κ1) is 17.8. The third-order valence-electron chi connectivity index (χ3n) is 3.06. The summed E-state index contributed by atoms with van der Waals surface area (Å²) >= 11 is 0. The molecule has 22 heavy (non-hydrogen) atoms. The third kappa shape index (κ3) is 3.90. The smallest absolute Gasteiger partial charge is 0.323 e. The van der Waals surface area contributed by atoms with E-state index in [0.717, 1.165) is 16.6 Å². The predicted octanol–water partition coefficient (Wildman–Crippen LogP) is 4.06. The van der Waals surface area contributed by atoms with Crippen LogP contribution in [-0.4, -0.2) is 15.6 Å². The van der Waals surface area contributed by atoms with E-state index in [1.54, 1.807) is 24.5 Å². The van der Waals surface area contributed by atoms with Crippen molar-refractivity contribution < 1.29 is 4.79 Å². The van der Waals surface area contributed by atoms with Gasteiger partial charge in [0, 0.05) is 36.0 Å². The van der Waals surface area contributed by atoms with Gasteiger partial charge in [-0.25, -0.2) is 4.79 Å². The maximum atomic E-state index is 11.9. The molecule has 0 fully saturated rings. The minimum atomic E-state index is -0.284. The summed E-state index contributed by atoms with van der Waals surface area (Å²) in [5, 5.41) is 6.62. The second-order valence-corrected chi connectivity index (χ2v) is 4.52. The Kier molecular flexibility index (Phi) is 6.22. The summed E-state index contributed by atoms with van der Waals surface area (Å²) in [6.07, 6.45) is 5.25. The van der Waals surface area contributed by atoms with Gasteiger partial charge in [0.25, 0.3) is 0 Å². The van der Waals surface area contributed by atoms with Crippen molar-refractivity contribution in [2.24, 2.45) is 7.05 Å². The van der Waals surface area contributed by atoms with Gasteiger partial charge in [0.15, 0.2) is 0 Å². The molecule has 2 heterocycles. The number of pyridine rings is 1. The molecule has 2 N–H and O–H groups in total. The number of halogens is 2. The average molecular weight is 339 g/mol. The molecule has 0 spiro atoms. The van der Waals surface area contributed by atoms with Crippen molar-refractivity contribution in [2.75, 3.05) is 10.6 Å². The highest BCUT2D eigenvalue weighted by molar-refractivity contribution is 6.00. The molecular weight excluding hydrogens is 323 g/mol. The Hall–Kier alpha value is -2.24. The van der Waals surface area contributed by atoms with Crippen molar-refractivity contribution in [3.05, 3.63) is 55.0 Å². The van der Waals surface area contributed by atoms with E-state index < -0.39 is 0 Å². The van der Waals surface area contributed by atoms with E-state index in [4.69, 9.17) is 0 Å². The summed E-state index contributed by atoms with van der Waals surface area (Å²) in [4.78, 5) is 15.8. The monoisotopic (exact) mass is 338 g/mol. The molecule has 0 saturated heterocycles. The molecule has 116 valence electrons. The second-order valence-electron chi connectivity index (χ2n) is 4.52. The molecule has 3 rings (SSSR count). The number of amides is 2. The van der Waals surface area contributed by atoms with E-state index in [1.807, 2.05) is 42.1 Å². The van der Waals surface area contributed by atoms with Crippen molar-refractivity contribution in [2.45, 2.75) is 0 Å². The standard InChI is InChI=1S/C15H14N4O.2ClH/c1-19-8-6-11-9-12(4-5-14(11)19)17-15(20)18-13-3-2-7-16-10-13;;/h2-10H,1H3,(H2,17,18,20);2*1H. The largest absolute Gasteiger partial charge is 0.351 e. The fraction of sp³-hybridized carbons (Fsp3) is 0.0667. The highest BCUT2D eigenvalue weighted by Crippen LogP contribution is 2.19. The summed E-state index contributed by atoms with van der Waals surface area (Å²) in [6, 6.07) is 11.1. The van der Waals surface area contributed by atoms with E-state index in [-0.39, 0.29) is 30.8 Å². The molecule has 0 aliphatic rings. The SMILES string of the molecule is Cl.Cl.Cn1ccc2cc(NC(=O)Nc3cccnc3)ccc21. The van der Waals surface area contributed by atoms with E-state index in [9.17, 15) is 4.79 Å². The van der Waals surface area contributed by atoms with Gasteiger partial charge in [-0.05, 0) is 36.4 Å². The summed E-state index contributed by atoms with van der Waals surface area (Å²) in [5.74, 6) is 0. The van der Waals surface area contributed by atoms with Crippen molar-refractivity contribution in [3.63, 3.8) is 0 Å². The van der Waals surface area contributed by atoms with Crippen molar-refractivity contribution in [1.82, 2.24) is 9.55 Å². The Morgan fingerprint density at radius 2 is 1.86 bits per heavy atom. The van der Waals surface area contributed by atoms with Crippen molar-refractivity contribution >= 4 is 53.1 Å². The fourth-order valence-electron chi connectivity index (χ4n) is 2.09. The molecule has 0 atom stereocenters. The fourth-order valence-corrected chi connectivity index (χ4v) is 2.09. The van der Waals surface area contributed by atoms with Crippen LogP contribution in [0, 0.1) is 0 Å². The number of fused-ring (bicyclic) bond motifs is 1. The molecule has 0 unspecified atom stereocenters. The van der Waals surface area contributed by atoms with Gasteiger partial charge in [-0.15, -0.1) is 24.8 Å². The molecule has 1 aromatic carbocycles. The number of nitrogens with zero attached hydrogens (tertiary/aromatic N) is 2.